The lowest BCUT2D eigenvalue weighted by Crippen LogP contribution is -2.29. The number of sulfonamides is 1. The number of anilines is 2. The van der Waals surface area contributed by atoms with Crippen molar-refractivity contribution < 1.29 is 17.9 Å². The number of rotatable bonds is 8. The normalized spacial score (nSPS) is 11.1. The Balaban J connectivity index is 1.64. The first kappa shape index (κ1) is 24.2. The molecule has 0 unspecified atom stereocenters. The van der Waals surface area contributed by atoms with Crippen LogP contribution in [-0.4, -0.2) is 27.2 Å². The van der Waals surface area contributed by atoms with Gasteiger partial charge in [0.2, 0.25) is 10.0 Å². The summed E-state index contributed by atoms with van der Waals surface area (Å²) in [7, 11) is -3.50. The number of ether oxygens (including phenoxy) is 1. The molecule has 0 aromatic heterocycles. The van der Waals surface area contributed by atoms with Crippen LogP contribution in [-0.2, 0) is 21.4 Å². The predicted octanol–water partition coefficient (Wildman–Crippen LogP) is 5.63. The Morgan fingerprint density at radius 1 is 0.938 bits per heavy atom. The molecular weight excluding hydrogens is 495 g/mol. The van der Waals surface area contributed by atoms with E-state index in [1.54, 1.807) is 24.3 Å². The van der Waals surface area contributed by atoms with Gasteiger partial charge in [0.25, 0.3) is 5.91 Å². The first-order chi connectivity index (χ1) is 15.1. The maximum atomic E-state index is 12.3. The molecule has 3 aromatic rings. The Labute approximate surface area is 201 Å². The van der Waals surface area contributed by atoms with E-state index in [2.05, 4.69) is 5.32 Å². The molecule has 0 atom stereocenters. The lowest BCUT2D eigenvalue weighted by molar-refractivity contribution is -0.118. The van der Waals surface area contributed by atoms with Gasteiger partial charge in [0, 0.05) is 0 Å². The Bertz CT molecular complexity index is 1200. The third-order valence-electron chi connectivity index (χ3n) is 4.35. The molecule has 0 heterocycles. The zero-order chi connectivity index (χ0) is 23.3. The average molecular weight is 514 g/mol. The van der Waals surface area contributed by atoms with E-state index in [9.17, 15) is 13.2 Å². The van der Waals surface area contributed by atoms with Crippen molar-refractivity contribution in [2.24, 2.45) is 0 Å². The van der Waals surface area contributed by atoms with Gasteiger partial charge in [-0.3, -0.25) is 9.10 Å². The Hall–Kier alpha value is -2.45. The molecule has 0 aliphatic carbocycles. The van der Waals surface area contributed by atoms with Crippen LogP contribution in [0.4, 0.5) is 11.4 Å². The van der Waals surface area contributed by atoms with Gasteiger partial charge in [0.1, 0.15) is 5.75 Å². The number of carbonyl (C=O) groups excluding carboxylic acids is 1. The molecule has 0 fully saturated rings. The Morgan fingerprint density at radius 2 is 1.56 bits per heavy atom. The molecule has 0 bridgehead atoms. The van der Waals surface area contributed by atoms with Crippen molar-refractivity contribution in [3.8, 4) is 5.75 Å². The van der Waals surface area contributed by atoms with Crippen molar-refractivity contribution in [3.05, 3.63) is 87.4 Å². The van der Waals surface area contributed by atoms with Crippen LogP contribution in [0.1, 0.15) is 5.56 Å². The number of nitrogens with one attached hydrogen (secondary N) is 1. The summed E-state index contributed by atoms with van der Waals surface area (Å²) in [6.45, 7) is -0.0809. The SMILES string of the molecule is CS(=O)(=O)N(Cc1ccccc1)c1ccc(OCC(=O)Nc2cc(Cl)c(Cl)cc2Cl)cc1. The fourth-order valence-corrected chi connectivity index (χ4v) is 4.29. The second kappa shape index (κ2) is 10.4. The number of halogens is 3. The smallest absolute Gasteiger partial charge is 0.262 e. The van der Waals surface area contributed by atoms with Gasteiger partial charge in [-0.05, 0) is 42.0 Å². The van der Waals surface area contributed by atoms with Crippen LogP contribution in [0.15, 0.2) is 66.7 Å². The van der Waals surface area contributed by atoms with Crippen LogP contribution < -0.4 is 14.4 Å². The van der Waals surface area contributed by atoms with E-state index in [1.165, 1.54) is 16.4 Å². The molecule has 10 heteroatoms. The second-order valence-corrected chi connectivity index (χ2v) is 9.96. The Morgan fingerprint density at radius 3 is 2.19 bits per heavy atom. The summed E-state index contributed by atoms with van der Waals surface area (Å²) in [6, 6.07) is 18.6. The van der Waals surface area contributed by atoms with E-state index in [4.69, 9.17) is 39.5 Å². The van der Waals surface area contributed by atoms with Gasteiger partial charge in [-0.2, -0.15) is 0 Å². The summed E-state index contributed by atoms with van der Waals surface area (Å²) in [5, 5.41) is 3.38. The number of benzene rings is 3. The van der Waals surface area contributed by atoms with Gasteiger partial charge in [-0.25, -0.2) is 8.42 Å². The van der Waals surface area contributed by atoms with Gasteiger partial charge >= 0.3 is 0 Å². The second-order valence-electron chi connectivity index (χ2n) is 6.83. The zero-order valence-electron chi connectivity index (χ0n) is 16.9. The van der Waals surface area contributed by atoms with Gasteiger partial charge in [-0.15, -0.1) is 0 Å². The molecule has 1 N–H and O–H groups in total. The third-order valence-corrected chi connectivity index (χ3v) is 6.52. The minimum Gasteiger partial charge on any atom is -0.484 e. The summed E-state index contributed by atoms with van der Waals surface area (Å²) in [5.74, 6) is -0.0477. The van der Waals surface area contributed by atoms with Crippen LogP contribution in [0.5, 0.6) is 5.75 Å². The molecule has 1 amide bonds. The minimum atomic E-state index is -3.50. The number of hydrogen-bond donors (Lipinski definition) is 1. The summed E-state index contributed by atoms with van der Waals surface area (Å²) < 4.78 is 31.4. The molecule has 3 rings (SSSR count). The quantitative estimate of drug-likeness (QED) is 0.396. The molecule has 3 aromatic carbocycles. The lowest BCUT2D eigenvalue weighted by atomic mass is 10.2. The topological polar surface area (TPSA) is 75.7 Å². The maximum Gasteiger partial charge on any atom is 0.262 e. The molecule has 0 radical (unpaired) electrons. The first-order valence-electron chi connectivity index (χ1n) is 9.32. The van der Waals surface area contributed by atoms with Crippen molar-refractivity contribution in [1.29, 1.82) is 0 Å². The van der Waals surface area contributed by atoms with E-state index in [1.807, 2.05) is 30.3 Å². The third kappa shape index (κ3) is 6.53. The predicted molar refractivity (Wildman–Crippen MR) is 130 cm³/mol. The number of nitrogens with zero attached hydrogens (tertiary/aromatic N) is 1. The maximum absolute atomic E-state index is 12.3. The van der Waals surface area contributed by atoms with Gasteiger partial charge in [-0.1, -0.05) is 65.1 Å². The number of hydrogen-bond acceptors (Lipinski definition) is 4. The largest absolute Gasteiger partial charge is 0.484 e. The van der Waals surface area contributed by atoms with E-state index in [-0.39, 0.29) is 28.2 Å². The van der Waals surface area contributed by atoms with Crippen molar-refractivity contribution in [2.75, 3.05) is 22.5 Å². The van der Waals surface area contributed by atoms with Gasteiger partial charge in [0.15, 0.2) is 6.61 Å². The van der Waals surface area contributed by atoms with Crippen LogP contribution in [0.3, 0.4) is 0 Å². The first-order valence-corrected chi connectivity index (χ1v) is 12.3. The fourth-order valence-electron chi connectivity index (χ4n) is 2.81. The molecule has 0 saturated carbocycles. The van der Waals surface area contributed by atoms with Crippen molar-refractivity contribution >= 4 is 62.1 Å². The van der Waals surface area contributed by atoms with Crippen molar-refractivity contribution in [2.45, 2.75) is 6.54 Å². The van der Waals surface area contributed by atoms with Crippen LogP contribution >= 0.6 is 34.8 Å². The van der Waals surface area contributed by atoms with E-state index in [0.29, 0.717) is 17.1 Å². The minimum absolute atomic E-state index is 0.201. The number of amides is 1. The van der Waals surface area contributed by atoms with Crippen LogP contribution in [0.2, 0.25) is 15.1 Å². The number of carbonyl (C=O) groups is 1. The molecular formula is C22H19Cl3N2O4S. The molecule has 168 valence electrons. The van der Waals surface area contributed by atoms with Gasteiger partial charge < -0.3 is 10.1 Å². The Kier molecular flexibility index (Phi) is 7.90. The van der Waals surface area contributed by atoms with E-state index >= 15 is 0 Å². The molecule has 0 saturated heterocycles. The highest BCUT2D eigenvalue weighted by Crippen LogP contribution is 2.32. The molecule has 6 nitrogen and oxygen atoms in total. The van der Waals surface area contributed by atoms with Crippen LogP contribution in [0.25, 0.3) is 0 Å². The standard InChI is InChI=1S/C22H19Cl3N2O4S/c1-32(29,30)27(13-15-5-3-2-4-6-15)16-7-9-17(10-8-16)31-14-22(28)26-21-12-19(24)18(23)11-20(21)25/h2-12H,13-14H2,1H3,(H,26,28). The van der Waals surface area contributed by atoms with E-state index < -0.39 is 15.9 Å². The van der Waals surface area contributed by atoms with Crippen LogP contribution in [0, 0.1) is 0 Å². The lowest BCUT2D eigenvalue weighted by Gasteiger charge is -2.22. The summed E-state index contributed by atoms with van der Waals surface area (Å²) in [5.41, 5.74) is 1.65. The van der Waals surface area contributed by atoms with Gasteiger partial charge in [0.05, 0.1) is 39.2 Å². The monoisotopic (exact) mass is 512 g/mol. The van der Waals surface area contributed by atoms with Crippen molar-refractivity contribution in [1.82, 2.24) is 0 Å². The summed E-state index contributed by atoms with van der Waals surface area (Å²) in [4.78, 5) is 12.2. The zero-order valence-corrected chi connectivity index (χ0v) is 20.0. The highest BCUT2D eigenvalue weighted by molar-refractivity contribution is 7.92. The molecule has 0 spiro atoms. The molecule has 0 aliphatic rings. The van der Waals surface area contributed by atoms with Crippen molar-refractivity contribution in [3.63, 3.8) is 0 Å². The highest BCUT2D eigenvalue weighted by atomic mass is 35.5. The summed E-state index contributed by atoms with van der Waals surface area (Å²) in [6.07, 6.45) is 1.15. The van der Waals surface area contributed by atoms with E-state index in [0.717, 1.165) is 11.8 Å². The molecule has 0 aliphatic heterocycles. The average Bonchev–Trinajstić information content (AvgIpc) is 2.75. The summed E-state index contributed by atoms with van der Waals surface area (Å²) >= 11 is 17.9. The molecule has 32 heavy (non-hydrogen) atoms. The highest BCUT2D eigenvalue weighted by Gasteiger charge is 2.18. The fraction of sp³-hybridized carbons (Fsp3) is 0.136.